The molecule has 0 heterocycles. The second-order valence-corrected chi connectivity index (χ2v) is 7.27. The fourth-order valence-corrected chi connectivity index (χ4v) is 4.41. The summed E-state index contributed by atoms with van der Waals surface area (Å²) in [6.07, 6.45) is 4.08. The predicted octanol–water partition coefficient (Wildman–Crippen LogP) is 3.07. The lowest BCUT2D eigenvalue weighted by molar-refractivity contribution is 0.314. The molecule has 1 aromatic carbocycles. The molecule has 0 aromatic heterocycles. The maximum Gasteiger partial charge on any atom is 0.240 e. The summed E-state index contributed by atoms with van der Waals surface area (Å²) < 4.78 is 27.5. The lowest BCUT2D eigenvalue weighted by atomic mass is 9.86. The molecule has 1 N–H and O–H groups in total. The molecule has 0 aliphatic heterocycles. The molecule has 1 aromatic rings. The fraction of sp³-hybridized carbons (Fsp3) is 0.571. The van der Waals surface area contributed by atoms with Crippen molar-refractivity contribution in [3.63, 3.8) is 0 Å². The molecule has 0 radical (unpaired) electrons. The quantitative estimate of drug-likeness (QED) is 0.869. The number of hydrogen-bond acceptors (Lipinski definition) is 2. The number of hydrogen-bond donors (Lipinski definition) is 1. The molecular formula is C14H20ClNO2S. The summed E-state index contributed by atoms with van der Waals surface area (Å²) in [6.45, 7) is 1.89. The van der Waals surface area contributed by atoms with Crippen LogP contribution in [0.15, 0.2) is 29.2 Å². The van der Waals surface area contributed by atoms with Crippen LogP contribution in [-0.2, 0) is 10.0 Å². The first-order chi connectivity index (χ1) is 9.03. The van der Waals surface area contributed by atoms with Crippen LogP contribution in [0.5, 0.6) is 0 Å². The number of halogens is 1. The van der Waals surface area contributed by atoms with Crippen molar-refractivity contribution in [3.8, 4) is 0 Å². The topological polar surface area (TPSA) is 46.2 Å². The summed E-state index contributed by atoms with van der Waals surface area (Å²) in [5, 5.41) is 0. The Morgan fingerprint density at radius 1 is 1.32 bits per heavy atom. The summed E-state index contributed by atoms with van der Waals surface area (Å²) in [6, 6.07) is 6.96. The van der Waals surface area contributed by atoms with Crippen molar-refractivity contribution in [3.05, 3.63) is 29.8 Å². The summed E-state index contributed by atoms with van der Waals surface area (Å²) >= 11 is 5.94. The number of sulfonamides is 1. The lowest BCUT2D eigenvalue weighted by Crippen LogP contribution is -2.42. The Balaban J connectivity index is 2.16. The van der Waals surface area contributed by atoms with Crippen LogP contribution < -0.4 is 4.72 Å². The van der Waals surface area contributed by atoms with Gasteiger partial charge in [-0.05, 0) is 43.4 Å². The van der Waals surface area contributed by atoms with Crippen molar-refractivity contribution in [1.29, 1.82) is 0 Å². The van der Waals surface area contributed by atoms with Crippen molar-refractivity contribution in [2.24, 2.45) is 5.92 Å². The van der Waals surface area contributed by atoms with Gasteiger partial charge < -0.3 is 0 Å². The standard InChI is InChI=1S/C14H20ClNO2S/c1-11-5-4-7-13(9-11)19(17,18)16-14-8-3-2-6-12(14)10-15/h4-5,7,9,12,14,16H,2-3,6,8,10H2,1H3. The first kappa shape index (κ1) is 14.8. The molecule has 0 amide bonds. The molecule has 0 bridgehead atoms. The van der Waals surface area contributed by atoms with Gasteiger partial charge >= 0.3 is 0 Å². The van der Waals surface area contributed by atoms with Gasteiger partial charge in [0, 0.05) is 11.9 Å². The third kappa shape index (κ3) is 3.71. The molecule has 19 heavy (non-hydrogen) atoms. The predicted molar refractivity (Wildman–Crippen MR) is 78.0 cm³/mol. The molecule has 2 atom stereocenters. The number of rotatable bonds is 4. The van der Waals surface area contributed by atoms with Crippen LogP contribution >= 0.6 is 11.6 Å². The van der Waals surface area contributed by atoms with Crippen LogP contribution in [0.1, 0.15) is 31.2 Å². The first-order valence-electron chi connectivity index (χ1n) is 6.68. The Hall–Kier alpha value is -0.580. The van der Waals surface area contributed by atoms with Gasteiger partial charge in [0.1, 0.15) is 0 Å². The van der Waals surface area contributed by atoms with E-state index >= 15 is 0 Å². The van der Waals surface area contributed by atoms with E-state index in [1.54, 1.807) is 18.2 Å². The summed E-state index contributed by atoms with van der Waals surface area (Å²) in [4.78, 5) is 0.339. The average molecular weight is 302 g/mol. The highest BCUT2D eigenvalue weighted by molar-refractivity contribution is 7.89. The van der Waals surface area contributed by atoms with Crippen LogP contribution in [-0.4, -0.2) is 20.3 Å². The molecule has 0 spiro atoms. The van der Waals surface area contributed by atoms with Crippen LogP contribution in [0.2, 0.25) is 0 Å². The van der Waals surface area contributed by atoms with Gasteiger partial charge in [-0.3, -0.25) is 0 Å². The van der Waals surface area contributed by atoms with Crippen molar-refractivity contribution in [2.45, 2.75) is 43.5 Å². The maximum absolute atomic E-state index is 12.4. The minimum Gasteiger partial charge on any atom is -0.208 e. The monoisotopic (exact) mass is 301 g/mol. The normalized spacial score (nSPS) is 24.3. The minimum absolute atomic E-state index is 0.0308. The van der Waals surface area contributed by atoms with Crippen molar-refractivity contribution in [1.82, 2.24) is 4.72 Å². The van der Waals surface area contributed by atoms with E-state index in [1.807, 2.05) is 13.0 Å². The van der Waals surface area contributed by atoms with Crippen molar-refractivity contribution >= 4 is 21.6 Å². The summed E-state index contributed by atoms with van der Waals surface area (Å²) in [5.74, 6) is 0.760. The first-order valence-corrected chi connectivity index (χ1v) is 8.69. The molecule has 0 saturated heterocycles. The fourth-order valence-electron chi connectivity index (χ4n) is 2.60. The highest BCUT2D eigenvalue weighted by atomic mass is 35.5. The molecule has 1 saturated carbocycles. The molecular weight excluding hydrogens is 282 g/mol. The summed E-state index contributed by atoms with van der Waals surface area (Å²) in [5.41, 5.74) is 0.945. The number of nitrogens with one attached hydrogen (secondary N) is 1. The van der Waals surface area contributed by atoms with E-state index in [2.05, 4.69) is 4.72 Å². The number of benzene rings is 1. The zero-order valence-electron chi connectivity index (χ0n) is 11.1. The van der Waals surface area contributed by atoms with E-state index in [4.69, 9.17) is 11.6 Å². The van der Waals surface area contributed by atoms with Gasteiger partial charge in [0.15, 0.2) is 0 Å². The highest BCUT2D eigenvalue weighted by Gasteiger charge is 2.28. The molecule has 1 aliphatic rings. The Labute approximate surface area is 120 Å². The second kappa shape index (κ2) is 6.25. The Morgan fingerprint density at radius 3 is 2.74 bits per heavy atom. The smallest absolute Gasteiger partial charge is 0.208 e. The Kier molecular flexibility index (Phi) is 4.87. The van der Waals surface area contributed by atoms with Crippen molar-refractivity contribution < 1.29 is 8.42 Å². The zero-order chi connectivity index (χ0) is 13.9. The van der Waals surface area contributed by atoms with Crippen molar-refractivity contribution in [2.75, 3.05) is 5.88 Å². The highest BCUT2D eigenvalue weighted by Crippen LogP contribution is 2.26. The summed E-state index contributed by atoms with van der Waals surface area (Å²) in [7, 11) is -3.43. The largest absolute Gasteiger partial charge is 0.240 e. The molecule has 1 aliphatic carbocycles. The molecule has 5 heteroatoms. The van der Waals surface area contributed by atoms with Gasteiger partial charge in [0.05, 0.1) is 4.90 Å². The molecule has 3 nitrogen and oxygen atoms in total. The molecule has 2 unspecified atom stereocenters. The van der Waals surface area contributed by atoms with Crippen LogP contribution in [0.3, 0.4) is 0 Å². The van der Waals surface area contributed by atoms with E-state index in [0.29, 0.717) is 10.8 Å². The van der Waals surface area contributed by atoms with E-state index in [0.717, 1.165) is 31.2 Å². The second-order valence-electron chi connectivity index (χ2n) is 5.24. The van der Waals surface area contributed by atoms with Gasteiger partial charge in [0.25, 0.3) is 0 Å². The van der Waals surface area contributed by atoms with Gasteiger partial charge in [-0.2, -0.15) is 0 Å². The van der Waals surface area contributed by atoms with Crippen LogP contribution in [0.25, 0.3) is 0 Å². The van der Waals surface area contributed by atoms with Crippen LogP contribution in [0, 0.1) is 12.8 Å². The van der Waals surface area contributed by atoms with E-state index in [1.165, 1.54) is 0 Å². The SMILES string of the molecule is Cc1cccc(S(=O)(=O)NC2CCCCC2CCl)c1. The van der Waals surface area contributed by atoms with E-state index < -0.39 is 10.0 Å². The maximum atomic E-state index is 12.4. The zero-order valence-corrected chi connectivity index (χ0v) is 12.7. The Morgan fingerprint density at radius 2 is 2.05 bits per heavy atom. The van der Waals surface area contributed by atoms with E-state index in [9.17, 15) is 8.42 Å². The Bertz CT molecular complexity index is 530. The number of aryl methyl sites for hydroxylation is 1. The average Bonchev–Trinajstić information content (AvgIpc) is 2.39. The molecule has 106 valence electrons. The van der Waals surface area contributed by atoms with E-state index in [-0.39, 0.29) is 12.0 Å². The van der Waals surface area contributed by atoms with Gasteiger partial charge in [-0.1, -0.05) is 25.0 Å². The van der Waals surface area contributed by atoms with Gasteiger partial charge in [-0.15, -0.1) is 11.6 Å². The van der Waals surface area contributed by atoms with Gasteiger partial charge in [0.2, 0.25) is 10.0 Å². The third-order valence-corrected chi connectivity index (χ3v) is 5.60. The minimum atomic E-state index is -3.43. The van der Waals surface area contributed by atoms with Crippen LogP contribution in [0.4, 0.5) is 0 Å². The van der Waals surface area contributed by atoms with Gasteiger partial charge in [-0.25, -0.2) is 13.1 Å². The third-order valence-electron chi connectivity index (χ3n) is 3.71. The lowest BCUT2D eigenvalue weighted by Gasteiger charge is -2.30. The number of alkyl halides is 1. The molecule has 1 fully saturated rings. The molecule has 2 rings (SSSR count).